The Labute approximate surface area is 97.0 Å². The van der Waals surface area contributed by atoms with E-state index in [9.17, 15) is 0 Å². The molecule has 1 nitrogen and oxygen atoms in total. The fourth-order valence-corrected chi connectivity index (χ4v) is 2.42. The molecule has 0 aromatic rings. The van der Waals surface area contributed by atoms with Crippen LogP contribution in [0.1, 0.15) is 41.5 Å². The van der Waals surface area contributed by atoms with E-state index in [4.69, 9.17) is 4.43 Å². The summed E-state index contributed by atoms with van der Waals surface area (Å²) >= 11 is 0. The Morgan fingerprint density at radius 3 is 1.80 bits per heavy atom. The van der Waals surface area contributed by atoms with Crippen molar-refractivity contribution in [1.29, 1.82) is 0 Å². The summed E-state index contributed by atoms with van der Waals surface area (Å²) in [4.78, 5) is 0. The minimum atomic E-state index is -1.59. The van der Waals surface area contributed by atoms with Gasteiger partial charge in [0.25, 0.3) is 0 Å². The van der Waals surface area contributed by atoms with Crippen LogP contribution in [0, 0.1) is 5.92 Å². The lowest BCUT2D eigenvalue weighted by atomic mass is 10.2. The molecule has 0 aliphatic rings. The number of hydrogen-bond acceptors (Lipinski definition) is 1. The molecule has 1 atom stereocenters. The van der Waals surface area contributed by atoms with Crippen LogP contribution in [0.5, 0.6) is 0 Å². The zero-order valence-corrected chi connectivity index (χ0v) is 12.7. The summed E-state index contributed by atoms with van der Waals surface area (Å²) in [6.07, 6.45) is 4.65. The van der Waals surface area contributed by atoms with E-state index in [2.05, 4.69) is 66.8 Å². The first kappa shape index (κ1) is 14.9. The molecular weight excluding hydrogens is 200 g/mol. The summed E-state index contributed by atoms with van der Waals surface area (Å²) in [5, 5.41) is 0.299. The van der Waals surface area contributed by atoms with Crippen molar-refractivity contribution < 1.29 is 4.43 Å². The highest BCUT2D eigenvalue weighted by molar-refractivity contribution is 6.74. The second kappa shape index (κ2) is 5.31. The molecule has 0 aromatic heterocycles. The Morgan fingerprint density at radius 2 is 1.47 bits per heavy atom. The predicted octanol–water partition coefficient (Wildman–Crippen LogP) is 4.61. The molecule has 15 heavy (non-hydrogen) atoms. The van der Waals surface area contributed by atoms with Crippen molar-refractivity contribution in [3.05, 3.63) is 12.2 Å². The van der Waals surface area contributed by atoms with Gasteiger partial charge in [-0.15, -0.1) is 0 Å². The van der Waals surface area contributed by atoms with E-state index in [1.54, 1.807) is 0 Å². The van der Waals surface area contributed by atoms with E-state index >= 15 is 0 Å². The zero-order valence-electron chi connectivity index (χ0n) is 11.7. The van der Waals surface area contributed by atoms with E-state index in [1.165, 1.54) is 0 Å². The van der Waals surface area contributed by atoms with Crippen LogP contribution in [-0.4, -0.2) is 14.4 Å². The maximum atomic E-state index is 6.20. The van der Waals surface area contributed by atoms with Gasteiger partial charge in [-0.25, -0.2) is 0 Å². The molecule has 0 fully saturated rings. The molecule has 0 aromatic carbocycles. The molecule has 1 unspecified atom stereocenters. The lowest BCUT2D eigenvalue weighted by molar-refractivity contribution is 0.242. The molecule has 0 radical (unpaired) electrons. The van der Waals surface area contributed by atoms with Gasteiger partial charge in [-0.1, -0.05) is 46.8 Å². The molecular formula is C13H28OSi. The molecule has 2 heteroatoms. The zero-order chi connectivity index (χ0) is 12.3. The standard InChI is InChI=1S/C13H28OSi/c1-11(2)9-10-12(3)14-15(7,8)13(4,5)6/h9-12H,1-8H3/b10-9+. The van der Waals surface area contributed by atoms with Crippen molar-refractivity contribution >= 4 is 8.32 Å². The smallest absolute Gasteiger partial charge is 0.192 e. The fourth-order valence-electron chi connectivity index (χ4n) is 1.06. The highest BCUT2D eigenvalue weighted by Crippen LogP contribution is 2.37. The van der Waals surface area contributed by atoms with Crippen molar-refractivity contribution in [3.63, 3.8) is 0 Å². The van der Waals surface area contributed by atoms with Gasteiger partial charge in [0.15, 0.2) is 8.32 Å². The van der Waals surface area contributed by atoms with Gasteiger partial charge in [-0.3, -0.25) is 0 Å². The van der Waals surface area contributed by atoms with Crippen molar-refractivity contribution in [2.45, 2.75) is 65.8 Å². The second-order valence-electron chi connectivity index (χ2n) is 6.21. The van der Waals surface area contributed by atoms with Crippen molar-refractivity contribution in [2.75, 3.05) is 0 Å². The van der Waals surface area contributed by atoms with Crippen molar-refractivity contribution in [3.8, 4) is 0 Å². The van der Waals surface area contributed by atoms with E-state index < -0.39 is 8.32 Å². The fraction of sp³-hybridized carbons (Fsp3) is 0.846. The molecule has 0 aliphatic heterocycles. The highest BCUT2D eigenvalue weighted by Gasteiger charge is 2.37. The lowest BCUT2D eigenvalue weighted by Crippen LogP contribution is -2.42. The van der Waals surface area contributed by atoms with E-state index in [0.29, 0.717) is 11.0 Å². The van der Waals surface area contributed by atoms with Crippen LogP contribution in [0.25, 0.3) is 0 Å². The summed E-state index contributed by atoms with van der Waals surface area (Å²) in [5.74, 6) is 0.607. The first-order valence-corrected chi connectivity index (χ1v) is 8.83. The van der Waals surface area contributed by atoms with E-state index in [-0.39, 0.29) is 6.10 Å². The summed E-state index contributed by atoms with van der Waals surface area (Å²) in [6, 6.07) is 0. The largest absolute Gasteiger partial charge is 0.411 e. The van der Waals surface area contributed by atoms with Gasteiger partial charge in [0.1, 0.15) is 0 Å². The Bertz CT molecular complexity index is 211. The first-order valence-electron chi connectivity index (χ1n) is 5.92. The second-order valence-corrected chi connectivity index (χ2v) is 11.0. The van der Waals surface area contributed by atoms with Gasteiger partial charge < -0.3 is 4.43 Å². The maximum absolute atomic E-state index is 6.20. The van der Waals surface area contributed by atoms with Crippen molar-refractivity contribution in [1.82, 2.24) is 0 Å². The van der Waals surface area contributed by atoms with Crippen LogP contribution in [0.4, 0.5) is 0 Å². The average Bonchev–Trinajstić information content (AvgIpc) is 1.97. The first-order chi connectivity index (χ1) is 6.56. The quantitative estimate of drug-likeness (QED) is 0.504. The molecule has 0 bridgehead atoms. The Kier molecular flexibility index (Phi) is 5.28. The van der Waals surface area contributed by atoms with E-state index in [0.717, 1.165) is 0 Å². The molecule has 0 spiro atoms. The van der Waals surface area contributed by atoms with Gasteiger partial charge >= 0.3 is 0 Å². The van der Waals surface area contributed by atoms with Crippen molar-refractivity contribution in [2.24, 2.45) is 5.92 Å². The Hall–Kier alpha value is -0.0831. The van der Waals surface area contributed by atoms with Crippen LogP contribution < -0.4 is 0 Å². The molecule has 0 heterocycles. The molecule has 0 rings (SSSR count). The summed E-state index contributed by atoms with van der Waals surface area (Å²) < 4.78 is 6.20. The third kappa shape index (κ3) is 5.52. The Balaban J connectivity index is 4.35. The van der Waals surface area contributed by atoms with Gasteiger partial charge in [0.05, 0.1) is 6.10 Å². The van der Waals surface area contributed by atoms with Crippen LogP contribution >= 0.6 is 0 Å². The molecule has 0 saturated carbocycles. The van der Waals surface area contributed by atoms with Gasteiger partial charge in [-0.05, 0) is 31.0 Å². The third-order valence-corrected chi connectivity index (χ3v) is 7.63. The average molecular weight is 228 g/mol. The summed E-state index contributed by atoms with van der Waals surface area (Å²) in [5.41, 5.74) is 0. The lowest BCUT2D eigenvalue weighted by Gasteiger charge is -2.37. The molecule has 0 saturated heterocycles. The molecule has 90 valence electrons. The normalized spacial score (nSPS) is 16.3. The minimum absolute atomic E-state index is 0.244. The molecule has 0 amide bonds. The van der Waals surface area contributed by atoms with Crippen LogP contribution in [-0.2, 0) is 4.43 Å². The van der Waals surface area contributed by atoms with Crippen LogP contribution in [0.15, 0.2) is 12.2 Å². The third-order valence-electron chi connectivity index (χ3n) is 3.05. The van der Waals surface area contributed by atoms with Gasteiger partial charge in [-0.2, -0.15) is 0 Å². The topological polar surface area (TPSA) is 9.23 Å². The van der Waals surface area contributed by atoms with Gasteiger partial charge in [0, 0.05) is 0 Å². The maximum Gasteiger partial charge on any atom is 0.192 e. The molecule has 0 aliphatic carbocycles. The monoisotopic (exact) mass is 228 g/mol. The highest BCUT2D eigenvalue weighted by atomic mass is 28.4. The minimum Gasteiger partial charge on any atom is -0.411 e. The van der Waals surface area contributed by atoms with E-state index in [1.807, 2.05) is 0 Å². The van der Waals surface area contributed by atoms with Crippen LogP contribution in [0.3, 0.4) is 0 Å². The predicted molar refractivity (Wildman–Crippen MR) is 71.7 cm³/mol. The molecule has 0 N–H and O–H groups in total. The number of allylic oxidation sites excluding steroid dienone is 1. The van der Waals surface area contributed by atoms with Gasteiger partial charge in [0.2, 0.25) is 0 Å². The number of rotatable bonds is 4. The summed E-state index contributed by atoms with van der Waals surface area (Å²) in [7, 11) is -1.59. The number of hydrogen-bond donors (Lipinski definition) is 0. The summed E-state index contributed by atoms with van der Waals surface area (Å²) in [6.45, 7) is 17.9. The Morgan fingerprint density at radius 1 is 1.00 bits per heavy atom. The van der Waals surface area contributed by atoms with Crippen LogP contribution in [0.2, 0.25) is 18.1 Å². The SMILES string of the molecule is CC(C)/C=C/C(C)O[Si](C)(C)C(C)(C)C.